The summed E-state index contributed by atoms with van der Waals surface area (Å²) >= 11 is 1.65. The van der Waals surface area contributed by atoms with E-state index in [0.717, 1.165) is 40.0 Å². The van der Waals surface area contributed by atoms with Crippen LogP contribution in [0.5, 0.6) is 0 Å². The number of benzene rings is 3. The summed E-state index contributed by atoms with van der Waals surface area (Å²) in [6.07, 6.45) is 6.80. The number of aromatic nitrogens is 1. The smallest absolute Gasteiger partial charge is 0.335 e. The molecule has 0 atom stereocenters. The number of hydrogen-bond donors (Lipinski definition) is 3. The van der Waals surface area contributed by atoms with Crippen molar-refractivity contribution in [1.82, 2.24) is 10.3 Å². The van der Waals surface area contributed by atoms with Crippen LogP contribution in [-0.2, 0) is 19.6 Å². The second-order valence-electron chi connectivity index (χ2n) is 9.74. The number of carboxylic acids is 1. The van der Waals surface area contributed by atoms with Gasteiger partial charge in [0.2, 0.25) is 0 Å². The van der Waals surface area contributed by atoms with Gasteiger partial charge < -0.3 is 15.7 Å². The maximum Gasteiger partial charge on any atom is 0.335 e. The SMILES string of the molecule is O=C(O)c1ccc(CNCc2nc(-c3ccc(CNc4ccc(C5CCCCC5)cc4)cc3)cs2)cc1. The van der Waals surface area contributed by atoms with E-state index in [-0.39, 0.29) is 0 Å². The minimum atomic E-state index is -0.904. The summed E-state index contributed by atoms with van der Waals surface area (Å²) in [5.41, 5.74) is 7.36. The zero-order chi connectivity index (χ0) is 25.5. The topological polar surface area (TPSA) is 74.2 Å². The molecule has 0 unspecified atom stereocenters. The van der Waals surface area contributed by atoms with Gasteiger partial charge >= 0.3 is 5.97 Å². The molecule has 0 bridgehead atoms. The van der Waals surface area contributed by atoms with Crippen molar-refractivity contribution in [2.75, 3.05) is 5.32 Å². The second-order valence-corrected chi connectivity index (χ2v) is 10.7. The fourth-order valence-electron chi connectivity index (χ4n) is 4.91. The van der Waals surface area contributed by atoms with Crippen LogP contribution in [0.25, 0.3) is 11.3 Å². The van der Waals surface area contributed by atoms with E-state index in [4.69, 9.17) is 10.1 Å². The lowest BCUT2D eigenvalue weighted by Crippen LogP contribution is -2.12. The van der Waals surface area contributed by atoms with Crippen LogP contribution >= 0.6 is 11.3 Å². The molecule has 5 rings (SSSR count). The van der Waals surface area contributed by atoms with Crippen LogP contribution in [0.4, 0.5) is 5.69 Å². The van der Waals surface area contributed by atoms with E-state index in [0.29, 0.717) is 18.7 Å². The molecule has 4 aromatic rings. The Bertz CT molecular complexity index is 1290. The Balaban J connectivity index is 1.09. The van der Waals surface area contributed by atoms with Gasteiger partial charge in [-0.3, -0.25) is 0 Å². The molecule has 1 saturated carbocycles. The van der Waals surface area contributed by atoms with Gasteiger partial charge in [-0.1, -0.05) is 67.8 Å². The van der Waals surface area contributed by atoms with Crippen molar-refractivity contribution < 1.29 is 9.90 Å². The molecule has 1 aliphatic carbocycles. The molecule has 0 radical (unpaired) electrons. The molecule has 1 heterocycles. The van der Waals surface area contributed by atoms with Gasteiger partial charge in [0, 0.05) is 36.3 Å². The lowest BCUT2D eigenvalue weighted by Gasteiger charge is -2.22. The number of carbonyl (C=O) groups is 1. The molecule has 3 N–H and O–H groups in total. The van der Waals surface area contributed by atoms with Gasteiger partial charge in [-0.15, -0.1) is 11.3 Å². The molecule has 5 nitrogen and oxygen atoms in total. The highest BCUT2D eigenvalue weighted by molar-refractivity contribution is 7.09. The first-order valence-electron chi connectivity index (χ1n) is 13.0. The van der Waals surface area contributed by atoms with E-state index >= 15 is 0 Å². The maximum absolute atomic E-state index is 11.0. The molecule has 0 aliphatic heterocycles. The number of carboxylic acid groups (broad SMARTS) is 1. The number of anilines is 1. The van der Waals surface area contributed by atoms with E-state index in [9.17, 15) is 4.79 Å². The van der Waals surface area contributed by atoms with Crippen LogP contribution in [0.1, 0.15) is 70.1 Å². The number of rotatable bonds is 10. The van der Waals surface area contributed by atoms with Crippen molar-refractivity contribution in [3.05, 3.63) is 105 Å². The third-order valence-electron chi connectivity index (χ3n) is 7.09. The Kier molecular flexibility index (Phi) is 8.28. The lowest BCUT2D eigenvalue weighted by atomic mass is 9.84. The van der Waals surface area contributed by atoms with Crippen LogP contribution in [0, 0.1) is 0 Å². The standard InChI is InChI=1S/C31H33N3O2S/c35-31(36)27-12-8-22(9-13-27)18-32-20-30-34-29(21-37-30)26-10-6-23(7-11-26)19-33-28-16-14-25(15-17-28)24-4-2-1-3-5-24/h6-17,21,24,32-33H,1-5,18-20H2,(H,35,36). The van der Waals surface area contributed by atoms with Crippen molar-refractivity contribution in [2.45, 2.75) is 57.7 Å². The monoisotopic (exact) mass is 511 g/mol. The molecule has 3 aromatic carbocycles. The van der Waals surface area contributed by atoms with Crippen molar-refractivity contribution in [3.63, 3.8) is 0 Å². The molecule has 0 saturated heterocycles. The average Bonchev–Trinajstić information content (AvgIpc) is 3.42. The molecule has 1 aromatic heterocycles. The fraction of sp³-hybridized carbons (Fsp3) is 0.290. The predicted octanol–water partition coefficient (Wildman–Crippen LogP) is 7.46. The van der Waals surface area contributed by atoms with Crippen molar-refractivity contribution in [1.29, 1.82) is 0 Å². The molecular formula is C31H33N3O2S. The highest BCUT2D eigenvalue weighted by Gasteiger charge is 2.15. The number of thiazole rings is 1. The first-order valence-corrected chi connectivity index (χ1v) is 13.9. The minimum Gasteiger partial charge on any atom is -0.478 e. The summed E-state index contributed by atoms with van der Waals surface area (Å²) in [5.74, 6) is -0.159. The quantitative estimate of drug-likeness (QED) is 0.206. The molecule has 0 spiro atoms. The summed E-state index contributed by atoms with van der Waals surface area (Å²) in [6.45, 7) is 2.13. The van der Waals surface area contributed by atoms with E-state index in [1.807, 2.05) is 12.1 Å². The van der Waals surface area contributed by atoms with Gasteiger partial charge in [0.1, 0.15) is 5.01 Å². The Morgan fingerprint density at radius 1 is 0.838 bits per heavy atom. The van der Waals surface area contributed by atoms with Gasteiger partial charge in [0.05, 0.1) is 11.3 Å². The van der Waals surface area contributed by atoms with E-state index in [2.05, 4.69) is 64.5 Å². The van der Waals surface area contributed by atoms with Crippen molar-refractivity contribution in [3.8, 4) is 11.3 Å². The molecule has 1 aliphatic rings. The summed E-state index contributed by atoms with van der Waals surface area (Å²) in [5, 5.41) is 19.1. The van der Waals surface area contributed by atoms with Crippen LogP contribution in [0.3, 0.4) is 0 Å². The number of aromatic carboxylic acids is 1. The molecule has 190 valence electrons. The second kappa shape index (κ2) is 12.2. The fourth-order valence-corrected chi connectivity index (χ4v) is 5.68. The molecular weight excluding hydrogens is 478 g/mol. The normalized spacial score (nSPS) is 13.9. The largest absolute Gasteiger partial charge is 0.478 e. The summed E-state index contributed by atoms with van der Waals surface area (Å²) in [6, 6.07) is 24.6. The van der Waals surface area contributed by atoms with Crippen LogP contribution in [0.2, 0.25) is 0 Å². The Morgan fingerprint density at radius 2 is 1.51 bits per heavy atom. The lowest BCUT2D eigenvalue weighted by molar-refractivity contribution is 0.0697. The molecule has 1 fully saturated rings. The van der Waals surface area contributed by atoms with Crippen LogP contribution in [0.15, 0.2) is 78.2 Å². The zero-order valence-electron chi connectivity index (χ0n) is 21.0. The maximum atomic E-state index is 11.0. The Hall–Kier alpha value is -3.48. The van der Waals surface area contributed by atoms with Gasteiger partial charge in [-0.2, -0.15) is 0 Å². The first kappa shape index (κ1) is 25.2. The van der Waals surface area contributed by atoms with Gasteiger partial charge in [0.15, 0.2) is 0 Å². The number of nitrogens with zero attached hydrogens (tertiary/aromatic N) is 1. The van der Waals surface area contributed by atoms with E-state index < -0.39 is 5.97 Å². The minimum absolute atomic E-state index is 0.304. The highest BCUT2D eigenvalue weighted by atomic mass is 32.1. The number of hydrogen-bond acceptors (Lipinski definition) is 5. The van der Waals surface area contributed by atoms with Crippen molar-refractivity contribution >= 4 is 23.0 Å². The van der Waals surface area contributed by atoms with E-state index in [1.165, 1.54) is 43.2 Å². The highest BCUT2D eigenvalue weighted by Crippen LogP contribution is 2.33. The average molecular weight is 512 g/mol. The zero-order valence-corrected chi connectivity index (χ0v) is 21.8. The first-order chi connectivity index (χ1) is 18.1. The summed E-state index contributed by atoms with van der Waals surface area (Å²) < 4.78 is 0. The van der Waals surface area contributed by atoms with Gasteiger partial charge in [-0.25, -0.2) is 9.78 Å². The van der Waals surface area contributed by atoms with Crippen LogP contribution < -0.4 is 10.6 Å². The summed E-state index contributed by atoms with van der Waals surface area (Å²) in [4.78, 5) is 15.8. The van der Waals surface area contributed by atoms with E-state index in [1.54, 1.807) is 23.5 Å². The predicted molar refractivity (Wildman–Crippen MR) is 151 cm³/mol. The van der Waals surface area contributed by atoms with Gasteiger partial charge in [-0.05, 0) is 59.7 Å². The Labute approximate surface area is 222 Å². The molecule has 6 heteroatoms. The van der Waals surface area contributed by atoms with Crippen molar-refractivity contribution in [2.24, 2.45) is 0 Å². The number of nitrogens with one attached hydrogen (secondary N) is 2. The van der Waals surface area contributed by atoms with Gasteiger partial charge in [0.25, 0.3) is 0 Å². The molecule has 0 amide bonds. The molecule has 37 heavy (non-hydrogen) atoms. The Morgan fingerprint density at radius 3 is 2.22 bits per heavy atom. The third-order valence-corrected chi connectivity index (χ3v) is 7.94. The summed E-state index contributed by atoms with van der Waals surface area (Å²) in [7, 11) is 0. The van der Waals surface area contributed by atoms with Crippen LogP contribution in [-0.4, -0.2) is 16.1 Å². The third kappa shape index (κ3) is 6.85.